The number of sulfonamides is 1. The molecule has 2 heterocycles. The van der Waals surface area contributed by atoms with E-state index in [1.807, 2.05) is 38.3 Å². The van der Waals surface area contributed by atoms with E-state index in [0.717, 1.165) is 15.1 Å². The maximum Gasteiger partial charge on any atom is 0.257 e. The fourth-order valence-corrected chi connectivity index (χ4v) is 6.67. The molecular weight excluding hydrogens is 454 g/mol. The fraction of sp³-hybridized carbons (Fsp3) is 0.333. The molecule has 31 heavy (non-hydrogen) atoms. The van der Waals surface area contributed by atoms with Gasteiger partial charge in [-0.3, -0.25) is 10.1 Å². The molecule has 10 heteroatoms. The molecule has 164 valence electrons. The highest BCUT2D eigenvalue weighted by Gasteiger charge is 2.32. The number of thiazole rings is 1. The number of carbonyl (C=O) groups is 1. The van der Waals surface area contributed by atoms with Crippen molar-refractivity contribution in [3.63, 3.8) is 0 Å². The number of ether oxygens (including phenoxy) is 1. The van der Waals surface area contributed by atoms with Crippen LogP contribution in [0.1, 0.15) is 24.2 Å². The van der Waals surface area contributed by atoms with Crippen molar-refractivity contribution in [1.82, 2.24) is 9.29 Å². The number of nitrogens with one attached hydrogen (secondary N) is 1. The van der Waals surface area contributed by atoms with Crippen LogP contribution in [0.5, 0.6) is 0 Å². The number of hydrogen-bond donors (Lipinski definition) is 1. The zero-order valence-electron chi connectivity index (χ0n) is 17.4. The molecule has 2 aromatic carbocycles. The first-order valence-corrected chi connectivity index (χ1v) is 13.3. The van der Waals surface area contributed by atoms with E-state index in [0.29, 0.717) is 23.8 Å². The average molecular weight is 478 g/mol. The maximum absolute atomic E-state index is 13.0. The van der Waals surface area contributed by atoms with E-state index in [1.54, 1.807) is 11.8 Å². The second-order valence-corrected chi connectivity index (χ2v) is 11.2. The van der Waals surface area contributed by atoms with Gasteiger partial charge in [0.25, 0.3) is 5.91 Å². The van der Waals surface area contributed by atoms with Crippen molar-refractivity contribution in [2.24, 2.45) is 0 Å². The van der Waals surface area contributed by atoms with Crippen LogP contribution in [0.4, 0.5) is 5.13 Å². The topological polar surface area (TPSA) is 88.6 Å². The highest BCUT2D eigenvalue weighted by molar-refractivity contribution is 7.98. The number of nitrogens with zero attached hydrogens (tertiary/aromatic N) is 2. The number of morpholine rings is 1. The molecule has 3 aromatic rings. The Hall–Kier alpha value is -1.98. The summed E-state index contributed by atoms with van der Waals surface area (Å²) in [6.45, 7) is 4.33. The van der Waals surface area contributed by atoms with Crippen molar-refractivity contribution in [3.8, 4) is 0 Å². The van der Waals surface area contributed by atoms with E-state index in [-0.39, 0.29) is 23.0 Å². The van der Waals surface area contributed by atoms with Crippen molar-refractivity contribution in [2.45, 2.75) is 35.8 Å². The summed E-state index contributed by atoms with van der Waals surface area (Å²) < 4.78 is 34.0. The fourth-order valence-electron chi connectivity index (χ4n) is 3.57. The number of carbonyl (C=O) groups excluding carboxylic acids is 1. The van der Waals surface area contributed by atoms with Gasteiger partial charge in [0.2, 0.25) is 10.0 Å². The van der Waals surface area contributed by atoms with Gasteiger partial charge < -0.3 is 4.74 Å². The standard InChI is InChI=1S/C21H23N3O4S3/c1-13-11-24(12-14(2)28-13)31(26,27)16-9-7-15(8-10-16)20(25)23-21-22-19-17(29-3)5-4-6-18(19)30-21/h4-10,13-14H,11-12H2,1-3H3,(H,22,23,25). The van der Waals surface area contributed by atoms with E-state index in [2.05, 4.69) is 10.3 Å². The van der Waals surface area contributed by atoms with Gasteiger partial charge in [-0.2, -0.15) is 4.31 Å². The molecule has 0 saturated carbocycles. The van der Waals surface area contributed by atoms with E-state index in [9.17, 15) is 13.2 Å². The average Bonchev–Trinajstić information content (AvgIpc) is 3.15. The van der Waals surface area contributed by atoms with Crippen molar-refractivity contribution < 1.29 is 17.9 Å². The smallest absolute Gasteiger partial charge is 0.257 e. The lowest BCUT2D eigenvalue weighted by atomic mass is 10.2. The molecule has 0 spiro atoms. The third-order valence-corrected chi connectivity index (χ3v) is 8.51. The number of anilines is 1. The predicted molar refractivity (Wildman–Crippen MR) is 125 cm³/mol. The highest BCUT2D eigenvalue weighted by atomic mass is 32.2. The summed E-state index contributed by atoms with van der Waals surface area (Å²) in [6, 6.07) is 11.9. The normalized spacial score (nSPS) is 20.1. The number of aromatic nitrogens is 1. The summed E-state index contributed by atoms with van der Waals surface area (Å²) in [4.78, 5) is 18.4. The summed E-state index contributed by atoms with van der Waals surface area (Å²) in [5.74, 6) is -0.331. The Bertz CT molecular complexity index is 1200. The first kappa shape index (κ1) is 22.2. The lowest BCUT2D eigenvalue weighted by Crippen LogP contribution is -2.48. The Kier molecular flexibility index (Phi) is 6.36. The van der Waals surface area contributed by atoms with Crippen LogP contribution in [0.15, 0.2) is 52.3 Å². The Labute approximate surface area is 189 Å². The van der Waals surface area contributed by atoms with Crippen molar-refractivity contribution in [2.75, 3.05) is 24.7 Å². The Morgan fingerprint density at radius 1 is 1.16 bits per heavy atom. The van der Waals surface area contributed by atoms with Crippen LogP contribution < -0.4 is 5.32 Å². The molecule has 2 unspecified atom stereocenters. The molecular formula is C21H23N3O4S3. The van der Waals surface area contributed by atoms with E-state index < -0.39 is 10.0 Å². The van der Waals surface area contributed by atoms with Gasteiger partial charge in [0.15, 0.2) is 5.13 Å². The summed E-state index contributed by atoms with van der Waals surface area (Å²) in [5, 5.41) is 3.32. The van der Waals surface area contributed by atoms with Crippen LogP contribution >= 0.6 is 23.1 Å². The van der Waals surface area contributed by atoms with Gasteiger partial charge in [-0.15, -0.1) is 11.8 Å². The van der Waals surface area contributed by atoms with Crippen LogP contribution in [-0.4, -0.2) is 55.2 Å². The van der Waals surface area contributed by atoms with E-state index in [1.165, 1.54) is 39.9 Å². The number of para-hydroxylation sites is 1. The lowest BCUT2D eigenvalue weighted by Gasteiger charge is -2.34. The number of fused-ring (bicyclic) bond motifs is 1. The SMILES string of the molecule is CSc1cccc2sc(NC(=O)c3ccc(S(=O)(=O)N4CC(C)OC(C)C4)cc3)nc12. The lowest BCUT2D eigenvalue weighted by molar-refractivity contribution is -0.0440. The van der Waals surface area contributed by atoms with Gasteiger partial charge in [-0.05, 0) is 56.5 Å². The highest BCUT2D eigenvalue weighted by Crippen LogP contribution is 2.32. The van der Waals surface area contributed by atoms with Gasteiger partial charge in [-0.1, -0.05) is 17.4 Å². The molecule has 1 amide bonds. The zero-order valence-corrected chi connectivity index (χ0v) is 19.8. The Morgan fingerprint density at radius 3 is 2.48 bits per heavy atom. The molecule has 4 rings (SSSR count). The first-order valence-electron chi connectivity index (χ1n) is 9.78. The van der Waals surface area contributed by atoms with Gasteiger partial charge in [0.1, 0.15) is 0 Å². The van der Waals surface area contributed by atoms with Crippen LogP contribution in [0, 0.1) is 0 Å². The quantitative estimate of drug-likeness (QED) is 0.558. The van der Waals surface area contributed by atoms with Gasteiger partial charge >= 0.3 is 0 Å². The van der Waals surface area contributed by atoms with Crippen molar-refractivity contribution in [3.05, 3.63) is 48.0 Å². The van der Waals surface area contributed by atoms with Gasteiger partial charge in [0.05, 0.1) is 27.3 Å². The van der Waals surface area contributed by atoms with Crippen molar-refractivity contribution in [1.29, 1.82) is 0 Å². The molecule has 1 aliphatic rings. The molecule has 1 aliphatic heterocycles. The number of rotatable bonds is 5. The first-order chi connectivity index (χ1) is 14.8. The molecule has 1 aromatic heterocycles. The zero-order chi connectivity index (χ0) is 22.2. The minimum atomic E-state index is -3.65. The molecule has 7 nitrogen and oxygen atoms in total. The van der Waals surface area contributed by atoms with Crippen LogP contribution in [0.3, 0.4) is 0 Å². The monoisotopic (exact) mass is 477 g/mol. The summed E-state index contributed by atoms with van der Waals surface area (Å²) in [5.41, 5.74) is 1.23. The van der Waals surface area contributed by atoms with E-state index in [4.69, 9.17) is 4.74 Å². The van der Waals surface area contributed by atoms with Crippen LogP contribution in [0.2, 0.25) is 0 Å². The molecule has 0 aliphatic carbocycles. The largest absolute Gasteiger partial charge is 0.373 e. The number of hydrogen-bond acceptors (Lipinski definition) is 7. The minimum Gasteiger partial charge on any atom is -0.373 e. The Morgan fingerprint density at radius 2 is 1.84 bits per heavy atom. The predicted octanol–water partition coefficient (Wildman–Crippen LogP) is 4.07. The maximum atomic E-state index is 13.0. The van der Waals surface area contributed by atoms with Gasteiger partial charge in [0, 0.05) is 23.5 Å². The van der Waals surface area contributed by atoms with Crippen LogP contribution in [-0.2, 0) is 14.8 Å². The van der Waals surface area contributed by atoms with Crippen molar-refractivity contribution >= 4 is 54.4 Å². The number of benzene rings is 2. The second kappa shape index (κ2) is 8.87. The molecule has 0 radical (unpaired) electrons. The molecule has 1 saturated heterocycles. The summed E-state index contributed by atoms with van der Waals surface area (Å²) in [7, 11) is -3.65. The number of amides is 1. The summed E-state index contributed by atoms with van der Waals surface area (Å²) >= 11 is 3.01. The number of thioether (sulfide) groups is 1. The molecule has 0 bridgehead atoms. The Balaban J connectivity index is 1.51. The summed E-state index contributed by atoms with van der Waals surface area (Å²) in [6.07, 6.45) is 1.66. The van der Waals surface area contributed by atoms with Gasteiger partial charge in [-0.25, -0.2) is 13.4 Å². The minimum absolute atomic E-state index is 0.162. The molecule has 2 atom stereocenters. The molecule has 1 fully saturated rings. The van der Waals surface area contributed by atoms with E-state index >= 15 is 0 Å². The second-order valence-electron chi connectivity index (χ2n) is 7.38. The van der Waals surface area contributed by atoms with Crippen LogP contribution in [0.25, 0.3) is 10.2 Å². The third-order valence-electron chi connectivity index (χ3n) is 4.96. The third kappa shape index (κ3) is 4.63. The molecule has 1 N–H and O–H groups in total.